The van der Waals surface area contributed by atoms with Crippen LogP contribution in [0.2, 0.25) is 0 Å². The van der Waals surface area contributed by atoms with Crippen molar-refractivity contribution in [2.45, 2.75) is 32.1 Å². The fourth-order valence-electron chi connectivity index (χ4n) is 5.19. The lowest BCUT2D eigenvalue weighted by Gasteiger charge is -2.33. The smallest absolute Gasteiger partial charge is 0.253 e. The van der Waals surface area contributed by atoms with E-state index in [1.54, 1.807) is 0 Å². The fourth-order valence-corrected chi connectivity index (χ4v) is 5.19. The van der Waals surface area contributed by atoms with Gasteiger partial charge < -0.3 is 14.5 Å². The summed E-state index contributed by atoms with van der Waals surface area (Å²) in [4.78, 5) is 33.4. The summed E-state index contributed by atoms with van der Waals surface area (Å²) in [5, 5.41) is 1.20. The number of benzene rings is 2. The van der Waals surface area contributed by atoms with Crippen LogP contribution in [0.1, 0.15) is 41.6 Å². The number of pyridine rings is 1. The van der Waals surface area contributed by atoms with Crippen LogP contribution < -0.4 is 4.74 Å². The molecule has 1 unspecified atom stereocenters. The standard InChI is InChI=1S/C28H31N3O3/c32-27-12-5-14-30(27)16-17-34-24-9-1-8-23(19-24)28(33)31-15-4-6-21(20-31)18-22-7-2-11-26-25(22)10-3-13-29-26/h1-3,7-11,13,19,21H,4-6,12,14-18,20H2. The monoisotopic (exact) mass is 457 g/mol. The molecule has 34 heavy (non-hydrogen) atoms. The number of aromatic nitrogens is 1. The molecule has 0 saturated carbocycles. The van der Waals surface area contributed by atoms with Gasteiger partial charge in [-0.15, -0.1) is 0 Å². The highest BCUT2D eigenvalue weighted by atomic mass is 16.5. The fraction of sp³-hybridized carbons (Fsp3) is 0.393. The Balaban J connectivity index is 1.20. The van der Waals surface area contributed by atoms with E-state index in [-0.39, 0.29) is 11.8 Å². The molecule has 1 atom stereocenters. The van der Waals surface area contributed by atoms with E-state index >= 15 is 0 Å². The molecule has 176 valence electrons. The molecule has 2 saturated heterocycles. The van der Waals surface area contributed by atoms with Crippen molar-refractivity contribution >= 4 is 22.7 Å². The Morgan fingerprint density at radius 1 is 1.06 bits per heavy atom. The maximum atomic E-state index is 13.3. The zero-order valence-corrected chi connectivity index (χ0v) is 19.5. The van der Waals surface area contributed by atoms with Crippen LogP contribution in [0.15, 0.2) is 60.8 Å². The van der Waals surface area contributed by atoms with Gasteiger partial charge in [-0.1, -0.05) is 24.3 Å². The largest absolute Gasteiger partial charge is 0.492 e. The highest BCUT2D eigenvalue weighted by molar-refractivity contribution is 5.94. The van der Waals surface area contributed by atoms with E-state index in [4.69, 9.17) is 4.74 Å². The molecule has 6 heteroatoms. The number of carbonyl (C=O) groups is 2. The molecule has 2 amide bonds. The maximum absolute atomic E-state index is 13.3. The van der Waals surface area contributed by atoms with Crippen molar-refractivity contribution in [1.29, 1.82) is 0 Å². The van der Waals surface area contributed by atoms with Crippen LogP contribution in [0.3, 0.4) is 0 Å². The molecular weight excluding hydrogens is 426 g/mol. The lowest BCUT2D eigenvalue weighted by atomic mass is 9.89. The van der Waals surface area contributed by atoms with E-state index in [9.17, 15) is 9.59 Å². The molecule has 6 nitrogen and oxygen atoms in total. The van der Waals surface area contributed by atoms with Crippen LogP contribution in [-0.4, -0.2) is 59.4 Å². The summed E-state index contributed by atoms with van der Waals surface area (Å²) in [6.45, 7) is 3.39. The van der Waals surface area contributed by atoms with E-state index in [0.29, 0.717) is 36.8 Å². The van der Waals surface area contributed by atoms with Crippen LogP contribution in [-0.2, 0) is 11.2 Å². The van der Waals surface area contributed by atoms with Gasteiger partial charge in [0.1, 0.15) is 12.4 Å². The number of hydrogen-bond donors (Lipinski definition) is 0. The summed E-state index contributed by atoms with van der Waals surface area (Å²) in [5.74, 6) is 1.37. The maximum Gasteiger partial charge on any atom is 0.253 e. The summed E-state index contributed by atoms with van der Waals surface area (Å²) in [5.41, 5.74) is 2.98. The number of fused-ring (bicyclic) bond motifs is 1. The first kappa shape index (κ1) is 22.4. The van der Waals surface area contributed by atoms with E-state index in [1.165, 1.54) is 10.9 Å². The Morgan fingerprint density at radius 3 is 2.85 bits per heavy atom. The number of rotatable bonds is 7. The number of ether oxygens (including phenoxy) is 1. The first-order valence-electron chi connectivity index (χ1n) is 12.3. The van der Waals surface area contributed by atoms with Crippen LogP contribution in [0.4, 0.5) is 0 Å². The summed E-state index contributed by atoms with van der Waals surface area (Å²) in [6.07, 6.45) is 6.48. The molecule has 0 N–H and O–H groups in total. The number of carbonyl (C=O) groups excluding carboxylic acids is 2. The van der Waals surface area contributed by atoms with Crippen LogP contribution in [0, 0.1) is 5.92 Å². The molecule has 2 aromatic carbocycles. The zero-order valence-electron chi connectivity index (χ0n) is 19.5. The predicted octanol–water partition coefficient (Wildman–Crippen LogP) is 4.33. The summed E-state index contributed by atoms with van der Waals surface area (Å²) in [7, 11) is 0. The molecular formula is C28H31N3O3. The van der Waals surface area contributed by atoms with Crippen LogP contribution in [0.5, 0.6) is 5.75 Å². The molecule has 2 aliphatic rings. The minimum Gasteiger partial charge on any atom is -0.492 e. The average molecular weight is 458 g/mol. The lowest BCUT2D eigenvalue weighted by Crippen LogP contribution is -2.40. The number of hydrogen-bond acceptors (Lipinski definition) is 4. The molecule has 0 radical (unpaired) electrons. The van der Waals surface area contributed by atoms with Gasteiger partial charge in [-0.05, 0) is 67.5 Å². The zero-order chi connectivity index (χ0) is 23.3. The van der Waals surface area contributed by atoms with Gasteiger partial charge in [0.15, 0.2) is 0 Å². The number of amides is 2. The summed E-state index contributed by atoms with van der Waals surface area (Å²) < 4.78 is 5.86. The highest BCUT2D eigenvalue weighted by Crippen LogP contribution is 2.26. The van der Waals surface area contributed by atoms with E-state index in [1.807, 2.05) is 52.4 Å². The van der Waals surface area contributed by atoms with Crippen molar-refractivity contribution in [3.05, 3.63) is 71.9 Å². The third-order valence-electron chi connectivity index (χ3n) is 6.93. The number of likely N-dealkylation sites (tertiary alicyclic amines) is 2. The Morgan fingerprint density at radius 2 is 1.97 bits per heavy atom. The van der Waals surface area contributed by atoms with Crippen molar-refractivity contribution in [3.8, 4) is 5.75 Å². The molecule has 2 aliphatic heterocycles. The van der Waals surface area contributed by atoms with Crippen LogP contribution >= 0.6 is 0 Å². The second-order valence-electron chi connectivity index (χ2n) is 9.31. The van der Waals surface area contributed by atoms with Gasteiger partial charge in [0.2, 0.25) is 5.91 Å². The average Bonchev–Trinajstić information content (AvgIpc) is 3.29. The Labute approximate surface area is 200 Å². The van der Waals surface area contributed by atoms with Gasteiger partial charge in [0.05, 0.1) is 12.1 Å². The van der Waals surface area contributed by atoms with E-state index < -0.39 is 0 Å². The number of piperidine rings is 1. The molecule has 5 rings (SSSR count). The SMILES string of the molecule is O=C1CCCN1CCOc1cccc(C(=O)N2CCCC(Cc3cccc4ncccc34)C2)c1. The summed E-state index contributed by atoms with van der Waals surface area (Å²) >= 11 is 0. The Hall–Kier alpha value is -3.41. The molecule has 3 aromatic rings. The molecule has 0 spiro atoms. The highest BCUT2D eigenvalue weighted by Gasteiger charge is 2.25. The molecule has 0 bridgehead atoms. The molecule has 3 heterocycles. The first-order valence-corrected chi connectivity index (χ1v) is 12.3. The van der Waals surface area contributed by atoms with Crippen molar-refractivity contribution < 1.29 is 14.3 Å². The second-order valence-corrected chi connectivity index (χ2v) is 9.31. The lowest BCUT2D eigenvalue weighted by molar-refractivity contribution is -0.128. The second kappa shape index (κ2) is 10.2. The van der Waals surface area contributed by atoms with Gasteiger partial charge >= 0.3 is 0 Å². The molecule has 1 aromatic heterocycles. The van der Waals surface area contributed by atoms with Crippen molar-refractivity contribution in [2.75, 3.05) is 32.8 Å². The van der Waals surface area contributed by atoms with Gasteiger partial charge in [0, 0.05) is 43.2 Å². The van der Waals surface area contributed by atoms with Gasteiger partial charge in [-0.2, -0.15) is 0 Å². The topological polar surface area (TPSA) is 62.7 Å². The Kier molecular flexibility index (Phi) is 6.74. The van der Waals surface area contributed by atoms with Gasteiger partial charge in [-0.3, -0.25) is 14.6 Å². The quantitative estimate of drug-likeness (QED) is 0.530. The third kappa shape index (κ3) is 5.06. The Bertz CT molecular complexity index is 1170. The normalized spacial score (nSPS) is 18.5. The first-order chi connectivity index (χ1) is 16.7. The van der Waals surface area contributed by atoms with Crippen molar-refractivity contribution in [1.82, 2.24) is 14.8 Å². The van der Waals surface area contributed by atoms with E-state index in [2.05, 4.69) is 23.2 Å². The summed E-state index contributed by atoms with van der Waals surface area (Å²) in [6, 6.07) is 17.9. The third-order valence-corrected chi connectivity index (χ3v) is 6.93. The molecule has 0 aliphatic carbocycles. The van der Waals surface area contributed by atoms with Crippen molar-refractivity contribution in [3.63, 3.8) is 0 Å². The van der Waals surface area contributed by atoms with Crippen LogP contribution in [0.25, 0.3) is 10.9 Å². The molecule has 2 fully saturated rings. The van der Waals surface area contributed by atoms with Gasteiger partial charge in [-0.25, -0.2) is 0 Å². The minimum absolute atomic E-state index is 0.0597. The number of nitrogens with zero attached hydrogens (tertiary/aromatic N) is 3. The predicted molar refractivity (Wildman–Crippen MR) is 132 cm³/mol. The van der Waals surface area contributed by atoms with Crippen molar-refractivity contribution in [2.24, 2.45) is 5.92 Å². The van der Waals surface area contributed by atoms with Gasteiger partial charge in [0.25, 0.3) is 5.91 Å². The van der Waals surface area contributed by atoms with E-state index in [0.717, 1.165) is 50.8 Å². The minimum atomic E-state index is 0.0597.